The number of rotatable bonds is 5. The molecule has 2 aromatic heterocycles. The average molecular weight is 381 g/mol. The van der Waals surface area contributed by atoms with Crippen molar-refractivity contribution in [2.24, 2.45) is 0 Å². The van der Waals surface area contributed by atoms with E-state index in [1.165, 1.54) is 0 Å². The molecule has 1 N–H and O–H groups in total. The van der Waals surface area contributed by atoms with Gasteiger partial charge in [0, 0.05) is 37.8 Å². The minimum Gasteiger partial charge on any atom is -0.496 e. The second kappa shape index (κ2) is 7.85. The Kier molecular flexibility index (Phi) is 5.12. The number of nitrogens with one attached hydrogen (secondary N) is 1. The summed E-state index contributed by atoms with van der Waals surface area (Å²) in [6.45, 7) is 5.53. The van der Waals surface area contributed by atoms with Crippen LogP contribution in [0, 0.1) is 6.92 Å². The highest BCUT2D eigenvalue weighted by Gasteiger charge is 2.24. The highest BCUT2D eigenvalue weighted by Crippen LogP contribution is 2.28. The van der Waals surface area contributed by atoms with Crippen molar-refractivity contribution in [3.05, 3.63) is 53.5 Å². The highest BCUT2D eigenvalue weighted by atomic mass is 16.5. The zero-order chi connectivity index (χ0) is 19.5. The summed E-state index contributed by atoms with van der Waals surface area (Å²) in [5.74, 6) is 1.54. The van der Waals surface area contributed by atoms with E-state index in [9.17, 15) is 4.79 Å². The van der Waals surface area contributed by atoms with Gasteiger partial charge in [-0.25, -0.2) is 0 Å². The lowest BCUT2D eigenvalue weighted by atomic mass is 10.1. The summed E-state index contributed by atoms with van der Waals surface area (Å²) in [4.78, 5) is 17.0. The number of aryl methyl sites for hydroxylation is 1. The SMILES string of the molecule is COc1ccccc1-c1cc(C(=O)N2CCN(Cc3cc(C)no3)CC2)[nH]n1. The number of carbonyl (C=O) groups is 1. The first-order chi connectivity index (χ1) is 13.6. The fourth-order valence-corrected chi connectivity index (χ4v) is 3.42. The van der Waals surface area contributed by atoms with Gasteiger partial charge in [0.1, 0.15) is 11.4 Å². The van der Waals surface area contributed by atoms with Gasteiger partial charge in [-0.1, -0.05) is 17.3 Å². The molecule has 1 amide bonds. The van der Waals surface area contributed by atoms with E-state index in [1.807, 2.05) is 42.2 Å². The molecule has 0 atom stereocenters. The number of piperazine rings is 1. The number of aromatic nitrogens is 3. The van der Waals surface area contributed by atoms with Crippen molar-refractivity contribution in [3.8, 4) is 17.0 Å². The van der Waals surface area contributed by atoms with E-state index in [-0.39, 0.29) is 5.91 Å². The van der Waals surface area contributed by atoms with E-state index in [4.69, 9.17) is 9.26 Å². The molecule has 4 rings (SSSR count). The van der Waals surface area contributed by atoms with Gasteiger partial charge in [-0.15, -0.1) is 0 Å². The van der Waals surface area contributed by atoms with E-state index in [0.717, 1.165) is 35.9 Å². The number of nitrogens with zero attached hydrogens (tertiary/aromatic N) is 4. The third-order valence-electron chi connectivity index (χ3n) is 4.91. The maximum atomic E-state index is 12.8. The standard InChI is InChI=1S/C20H23N5O3/c1-14-11-15(28-23-14)13-24-7-9-25(10-8-24)20(26)18-12-17(21-22-18)16-5-3-4-6-19(16)27-2/h3-6,11-12H,7-10,13H2,1-2H3,(H,21,22). The zero-order valence-corrected chi connectivity index (χ0v) is 16.0. The van der Waals surface area contributed by atoms with Crippen molar-refractivity contribution < 1.29 is 14.1 Å². The first kappa shape index (κ1) is 18.2. The van der Waals surface area contributed by atoms with Gasteiger partial charge in [0.2, 0.25) is 0 Å². The Bertz CT molecular complexity index is 956. The number of ether oxygens (including phenoxy) is 1. The fourth-order valence-electron chi connectivity index (χ4n) is 3.42. The van der Waals surface area contributed by atoms with Crippen LogP contribution >= 0.6 is 0 Å². The second-order valence-electron chi connectivity index (χ2n) is 6.87. The minimum atomic E-state index is -0.0381. The number of aromatic amines is 1. The summed E-state index contributed by atoms with van der Waals surface area (Å²) in [5, 5.41) is 11.1. The zero-order valence-electron chi connectivity index (χ0n) is 16.0. The Morgan fingerprint density at radius 3 is 2.71 bits per heavy atom. The third-order valence-corrected chi connectivity index (χ3v) is 4.91. The molecule has 3 heterocycles. The molecule has 1 aliphatic rings. The van der Waals surface area contributed by atoms with Crippen LogP contribution in [0.3, 0.4) is 0 Å². The van der Waals surface area contributed by atoms with Crippen LogP contribution in [-0.4, -0.2) is 64.3 Å². The van der Waals surface area contributed by atoms with Gasteiger partial charge in [-0.2, -0.15) is 5.10 Å². The molecule has 0 unspecified atom stereocenters. The molecule has 1 saturated heterocycles. The molecule has 3 aromatic rings. The number of benzene rings is 1. The van der Waals surface area contributed by atoms with Gasteiger partial charge in [0.25, 0.3) is 5.91 Å². The maximum Gasteiger partial charge on any atom is 0.271 e. The van der Waals surface area contributed by atoms with Crippen LogP contribution in [0.15, 0.2) is 40.9 Å². The number of H-pyrrole nitrogens is 1. The van der Waals surface area contributed by atoms with Gasteiger partial charge in [0.05, 0.1) is 25.0 Å². The minimum absolute atomic E-state index is 0.0381. The lowest BCUT2D eigenvalue weighted by Gasteiger charge is -2.33. The van der Waals surface area contributed by atoms with Crippen molar-refractivity contribution in [1.82, 2.24) is 25.2 Å². The smallest absolute Gasteiger partial charge is 0.271 e. The topological polar surface area (TPSA) is 87.5 Å². The molecule has 146 valence electrons. The van der Waals surface area contributed by atoms with Gasteiger partial charge in [-0.3, -0.25) is 14.8 Å². The van der Waals surface area contributed by atoms with Crippen molar-refractivity contribution >= 4 is 5.91 Å². The number of amides is 1. The first-order valence-electron chi connectivity index (χ1n) is 9.26. The maximum absolute atomic E-state index is 12.8. The molecular weight excluding hydrogens is 358 g/mol. The van der Waals surface area contributed by atoms with Crippen molar-refractivity contribution in [1.29, 1.82) is 0 Å². The number of carbonyl (C=O) groups excluding carboxylic acids is 1. The predicted octanol–water partition coefficient (Wildman–Crippen LogP) is 2.34. The van der Waals surface area contributed by atoms with Crippen molar-refractivity contribution in [2.75, 3.05) is 33.3 Å². The van der Waals surface area contributed by atoms with Crippen LogP contribution < -0.4 is 4.74 Å². The van der Waals surface area contributed by atoms with Gasteiger partial charge in [-0.05, 0) is 25.1 Å². The predicted molar refractivity (Wildman–Crippen MR) is 103 cm³/mol. The van der Waals surface area contributed by atoms with Crippen molar-refractivity contribution in [2.45, 2.75) is 13.5 Å². The third kappa shape index (κ3) is 3.77. The van der Waals surface area contributed by atoms with Gasteiger partial charge >= 0.3 is 0 Å². The summed E-state index contributed by atoms with van der Waals surface area (Å²) < 4.78 is 10.7. The van der Waals surface area contributed by atoms with Crippen LogP contribution in [0.5, 0.6) is 5.75 Å². The Morgan fingerprint density at radius 1 is 1.21 bits per heavy atom. The number of para-hydroxylation sites is 1. The number of hydrogen-bond donors (Lipinski definition) is 1. The Hall–Kier alpha value is -3.13. The lowest BCUT2D eigenvalue weighted by molar-refractivity contribution is 0.0611. The largest absolute Gasteiger partial charge is 0.496 e. The first-order valence-corrected chi connectivity index (χ1v) is 9.26. The monoisotopic (exact) mass is 381 g/mol. The second-order valence-corrected chi connectivity index (χ2v) is 6.87. The Labute approximate surface area is 163 Å². The molecule has 1 aliphatic heterocycles. The molecule has 0 aliphatic carbocycles. The molecule has 28 heavy (non-hydrogen) atoms. The van der Waals surface area contributed by atoms with Crippen LogP contribution in [0.25, 0.3) is 11.3 Å². The molecule has 1 fully saturated rings. The Morgan fingerprint density at radius 2 is 2.00 bits per heavy atom. The summed E-state index contributed by atoms with van der Waals surface area (Å²) in [5.41, 5.74) is 2.92. The van der Waals surface area contributed by atoms with Crippen LogP contribution in [0.4, 0.5) is 0 Å². The number of methoxy groups -OCH3 is 1. The quantitative estimate of drug-likeness (QED) is 0.730. The molecule has 0 spiro atoms. The van der Waals surface area contributed by atoms with Crippen LogP contribution in [-0.2, 0) is 6.54 Å². The van der Waals surface area contributed by atoms with Crippen LogP contribution in [0.2, 0.25) is 0 Å². The van der Waals surface area contributed by atoms with E-state index >= 15 is 0 Å². The molecule has 0 bridgehead atoms. The van der Waals surface area contributed by atoms with Gasteiger partial charge < -0.3 is 14.2 Å². The Balaban J connectivity index is 1.39. The number of hydrogen-bond acceptors (Lipinski definition) is 6. The molecule has 0 saturated carbocycles. The highest BCUT2D eigenvalue weighted by molar-refractivity contribution is 5.93. The summed E-state index contributed by atoms with van der Waals surface area (Å²) in [6, 6.07) is 11.4. The van der Waals surface area contributed by atoms with E-state index in [1.54, 1.807) is 13.2 Å². The van der Waals surface area contributed by atoms with E-state index in [2.05, 4.69) is 20.3 Å². The molecule has 8 nitrogen and oxygen atoms in total. The molecule has 8 heteroatoms. The van der Waals surface area contributed by atoms with Crippen LogP contribution in [0.1, 0.15) is 21.9 Å². The summed E-state index contributed by atoms with van der Waals surface area (Å²) in [7, 11) is 1.62. The fraction of sp³-hybridized carbons (Fsp3) is 0.350. The summed E-state index contributed by atoms with van der Waals surface area (Å²) >= 11 is 0. The molecule has 0 radical (unpaired) electrons. The van der Waals surface area contributed by atoms with E-state index < -0.39 is 0 Å². The van der Waals surface area contributed by atoms with E-state index in [0.29, 0.717) is 31.0 Å². The summed E-state index contributed by atoms with van der Waals surface area (Å²) in [6.07, 6.45) is 0. The van der Waals surface area contributed by atoms with Gasteiger partial charge in [0.15, 0.2) is 5.76 Å². The molecular formula is C20H23N5O3. The average Bonchev–Trinajstić information content (AvgIpc) is 3.37. The molecule has 1 aromatic carbocycles. The lowest BCUT2D eigenvalue weighted by Crippen LogP contribution is -2.48. The normalized spacial score (nSPS) is 15.0. The van der Waals surface area contributed by atoms with Crippen molar-refractivity contribution in [3.63, 3.8) is 0 Å².